The third-order valence-corrected chi connectivity index (χ3v) is 6.86. The van der Waals surface area contributed by atoms with Crippen LogP contribution >= 0.6 is 11.8 Å². The Kier molecular flexibility index (Phi) is 10.3. The molecular weight excluding hydrogens is 517 g/mol. The van der Waals surface area contributed by atoms with Crippen molar-refractivity contribution in [3.8, 4) is 0 Å². The first-order chi connectivity index (χ1) is 17.1. The van der Waals surface area contributed by atoms with Crippen LogP contribution < -0.4 is 10.2 Å². The summed E-state index contributed by atoms with van der Waals surface area (Å²) in [7, 11) is 0. The van der Waals surface area contributed by atoms with Crippen LogP contribution in [-0.2, 0) is 27.8 Å². The predicted octanol–water partition coefficient (Wildman–Crippen LogP) is 3.05. The van der Waals surface area contributed by atoms with E-state index in [1.165, 1.54) is 10.5 Å². The Morgan fingerprint density at radius 1 is 1.00 bits per heavy atom. The average molecular weight is 544 g/mol. The smallest absolute Gasteiger partial charge is 0.861 e. The van der Waals surface area contributed by atoms with E-state index in [1.807, 2.05) is 60.7 Å². The van der Waals surface area contributed by atoms with E-state index in [9.17, 15) is 15.0 Å². The number of nitrogens with zero attached hydrogens (tertiary/aromatic N) is 3. The Bertz CT molecular complexity index is 1230. The van der Waals surface area contributed by atoms with Crippen molar-refractivity contribution < 1.29 is 31.5 Å². The molecule has 0 amide bonds. The van der Waals surface area contributed by atoms with Gasteiger partial charge in [0.2, 0.25) is 0 Å². The maximum absolute atomic E-state index is 13.4. The van der Waals surface area contributed by atoms with Crippen LogP contribution in [0.4, 0.5) is 5.69 Å². The standard InChI is InChI=1S/C28H29N3O3S.Ni/c1-35-25-16-8-5-12-21(25)19-31-17-9-15-24(31)28(34)30-23-14-7-6-13-22(23)27(29-18-26(32)33)20-10-3-2-4-11-20;/h2-8,10-14,16,24H,9,15,17-19H2,1H3,(H,30,34)(H,32,33);/q;+2/p-2/t24-;/m0./s1. The Labute approximate surface area is 226 Å². The summed E-state index contributed by atoms with van der Waals surface area (Å²) < 4.78 is 0. The minimum atomic E-state index is -1.27. The molecule has 0 aromatic heterocycles. The number of hydrogen-bond acceptors (Lipinski definition) is 7. The molecule has 3 aromatic rings. The fourth-order valence-electron chi connectivity index (χ4n) is 4.38. The van der Waals surface area contributed by atoms with E-state index in [0.29, 0.717) is 23.5 Å². The molecule has 4 rings (SSSR count). The number of aliphatic carboxylic acids is 1. The predicted molar refractivity (Wildman–Crippen MR) is 137 cm³/mol. The zero-order valence-electron chi connectivity index (χ0n) is 19.9. The van der Waals surface area contributed by atoms with Crippen molar-refractivity contribution in [1.29, 1.82) is 0 Å². The molecule has 0 spiro atoms. The number of carbonyl (C=O) groups excluding carboxylic acids is 1. The van der Waals surface area contributed by atoms with Crippen LogP contribution in [0.3, 0.4) is 0 Å². The summed E-state index contributed by atoms with van der Waals surface area (Å²) >= 11 is 1.71. The molecule has 1 fully saturated rings. The summed E-state index contributed by atoms with van der Waals surface area (Å²) in [5.74, 6) is -1.46. The van der Waals surface area contributed by atoms with Gasteiger partial charge in [-0.25, -0.2) is 0 Å². The number of carbonyl (C=O) groups is 1. The van der Waals surface area contributed by atoms with Crippen LogP contribution in [0.5, 0.6) is 0 Å². The molecule has 188 valence electrons. The van der Waals surface area contributed by atoms with Crippen LogP contribution in [0.15, 0.2) is 93.7 Å². The molecule has 0 saturated carbocycles. The van der Waals surface area contributed by atoms with Gasteiger partial charge in [0, 0.05) is 28.6 Å². The maximum Gasteiger partial charge on any atom is 2.00 e. The second-order valence-electron chi connectivity index (χ2n) is 8.31. The van der Waals surface area contributed by atoms with Gasteiger partial charge >= 0.3 is 16.5 Å². The summed E-state index contributed by atoms with van der Waals surface area (Å²) in [6.45, 7) is 1.07. The zero-order chi connectivity index (χ0) is 24.6. The van der Waals surface area contributed by atoms with E-state index < -0.39 is 12.5 Å². The molecule has 1 aliphatic rings. The normalized spacial score (nSPS) is 16.5. The van der Waals surface area contributed by atoms with Crippen molar-refractivity contribution in [2.24, 2.45) is 9.98 Å². The molecule has 0 unspecified atom stereocenters. The van der Waals surface area contributed by atoms with Crippen molar-refractivity contribution in [3.05, 3.63) is 95.6 Å². The third kappa shape index (κ3) is 6.85. The molecule has 0 aliphatic carbocycles. The molecule has 0 bridgehead atoms. The van der Waals surface area contributed by atoms with Gasteiger partial charge in [-0.2, -0.15) is 0 Å². The number of rotatable bonds is 9. The number of thioether (sulfide) groups is 1. The molecule has 1 saturated heterocycles. The van der Waals surface area contributed by atoms with E-state index in [1.54, 1.807) is 17.8 Å². The average Bonchev–Trinajstić information content (AvgIpc) is 3.34. The minimum absolute atomic E-state index is 0. The minimum Gasteiger partial charge on any atom is -0.861 e. The first-order valence-electron chi connectivity index (χ1n) is 11.6. The topological polar surface area (TPSA) is 91.2 Å². The Morgan fingerprint density at radius 3 is 2.44 bits per heavy atom. The first-order valence-corrected chi connectivity index (χ1v) is 12.8. The van der Waals surface area contributed by atoms with Crippen molar-refractivity contribution in [1.82, 2.24) is 4.90 Å². The van der Waals surface area contributed by atoms with Crippen molar-refractivity contribution in [3.63, 3.8) is 0 Å². The van der Waals surface area contributed by atoms with Crippen LogP contribution in [0.25, 0.3) is 0 Å². The van der Waals surface area contributed by atoms with Gasteiger partial charge < -0.3 is 15.0 Å². The second kappa shape index (κ2) is 13.4. The molecule has 6 nitrogen and oxygen atoms in total. The van der Waals surface area contributed by atoms with E-state index in [0.717, 1.165) is 24.9 Å². The first kappa shape index (κ1) is 27.7. The van der Waals surface area contributed by atoms with E-state index in [2.05, 4.69) is 33.3 Å². The SMILES string of the molecule is CSc1ccccc1CN1CCC[C@H]1C([O-])=Nc1ccccc1C(=NCC(=O)[O-])c1ccccc1.[Ni+2]. The van der Waals surface area contributed by atoms with Crippen molar-refractivity contribution in [2.75, 3.05) is 19.3 Å². The number of aliphatic imine (C=N–C) groups is 2. The molecule has 36 heavy (non-hydrogen) atoms. The van der Waals surface area contributed by atoms with E-state index in [4.69, 9.17) is 0 Å². The van der Waals surface area contributed by atoms with E-state index in [-0.39, 0.29) is 28.4 Å². The van der Waals surface area contributed by atoms with Gasteiger partial charge in [0.05, 0.1) is 23.9 Å². The quantitative estimate of drug-likeness (QED) is 0.179. The van der Waals surface area contributed by atoms with Gasteiger partial charge in [-0.1, -0.05) is 66.7 Å². The fourth-order valence-corrected chi connectivity index (χ4v) is 4.99. The number of hydrogen-bond donors (Lipinski definition) is 0. The van der Waals surface area contributed by atoms with Gasteiger partial charge in [0.1, 0.15) is 0 Å². The molecule has 3 aromatic carbocycles. The number of para-hydroxylation sites is 1. The zero-order valence-corrected chi connectivity index (χ0v) is 21.7. The Hall–Kier alpha value is -2.93. The summed E-state index contributed by atoms with van der Waals surface area (Å²) in [4.78, 5) is 23.4. The Balaban J connectivity index is 0.00000361. The molecule has 0 radical (unpaired) electrons. The number of carboxylic acids is 1. The number of likely N-dealkylation sites (tertiary alicyclic amines) is 1. The molecule has 1 heterocycles. The van der Waals surface area contributed by atoms with Gasteiger partial charge in [0.25, 0.3) is 0 Å². The van der Waals surface area contributed by atoms with E-state index >= 15 is 0 Å². The fraction of sp³-hybridized carbons (Fsp3) is 0.250. The van der Waals surface area contributed by atoms with Crippen LogP contribution in [0.1, 0.15) is 29.5 Å². The monoisotopic (exact) mass is 543 g/mol. The van der Waals surface area contributed by atoms with Crippen LogP contribution in [0.2, 0.25) is 0 Å². The molecule has 1 atom stereocenters. The Morgan fingerprint density at radius 2 is 1.69 bits per heavy atom. The molecular formula is C28H27N3NiO3S. The van der Waals surface area contributed by atoms with Crippen LogP contribution in [-0.4, -0.2) is 47.9 Å². The van der Waals surface area contributed by atoms with Crippen LogP contribution in [0, 0.1) is 0 Å². The number of benzene rings is 3. The summed E-state index contributed by atoms with van der Waals surface area (Å²) in [6.07, 6.45) is 3.76. The summed E-state index contributed by atoms with van der Waals surface area (Å²) in [6, 6.07) is 24.5. The third-order valence-electron chi connectivity index (χ3n) is 6.02. The maximum atomic E-state index is 13.4. The van der Waals surface area contributed by atoms with Crippen molar-refractivity contribution in [2.45, 2.75) is 30.3 Å². The van der Waals surface area contributed by atoms with Gasteiger partial charge in [-0.05, 0) is 49.2 Å². The van der Waals surface area contributed by atoms with Crippen molar-refractivity contribution >= 4 is 35.0 Å². The van der Waals surface area contributed by atoms with Gasteiger partial charge in [0.15, 0.2) is 0 Å². The summed E-state index contributed by atoms with van der Waals surface area (Å²) in [5.41, 5.74) is 3.53. The molecule has 8 heteroatoms. The molecule has 1 aliphatic heterocycles. The number of carboxylic acid groups (broad SMARTS) is 1. The van der Waals surface area contributed by atoms with Gasteiger partial charge in [-0.3, -0.25) is 14.9 Å². The second-order valence-corrected chi connectivity index (χ2v) is 9.16. The molecule has 0 N–H and O–H groups in total. The summed E-state index contributed by atoms with van der Waals surface area (Å²) in [5, 5.41) is 24.5. The largest absolute Gasteiger partial charge is 2.00 e. The van der Waals surface area contributed by atoms with Gasteiger partial charge in [-0.15, -0.1) is 11.8 Å².